The molecule has 45 heavy (non-hydrogen) atoms. The van der Waals surface area contributed by atoms with Gasteiger partial charge in [-0.2, -0.15) is 0 Å². The van der Waals surface area contributed by atoms with Crippen molar-refractivity contribution in [2.75, 3.05) is 12.3 Å². The highest BCUT2D eigenvalue weighted by Crippen LogP contribution is 2.38. The van der Waals surface area contributed by atoms with Crippen molar-refractivity contribution in [3.63, 3.8) is 0 Å². The largest absolute Gasteiger partial charge is 0.481 e. The number of azide groups is 1. The van der Waals surface area contributed by atoms with Crippen LogP contribution < -0.4 is 0 Å². The number of aliphatic carboxylic acids is 1. The lowest BCUT2D eigenvalue weighted by molar-refractivity contribution is -0.137. The van der Waals surface area contributed by atoms with Gasteiger partial charge in [-0.05, 0) is 83.8 Å². The summed E-state index contributed by atoms with van der Waals surface area (Å²) >= 11 is 6.52. The molecule has 0 saturated heterocycles. The minimum atomic E-state index is -3.66. The fourth-order valence-electron chi connectivity index (χ4n) is 5.87. The van der Waals surface area contributed by atoms with E-state index in [0.717, 1.165) is 38.9 Å². The van der Waals surface area contributed by atoms with Crippen LogP contribution in [0.1, 0.15) is 46.8 Å². The second kappa shape index (κ2) is 14.5. The fraction of sp³-hybridized carbons (Fsp3) is 0.229. The van der Waals surface area contributed by atoms with E-state index in [2.05, 4.69) is 38.9 Å². The summed E-state index contributed by atoms with van der Waals surface area (Å²) in [5.74, 6) is -0.984. The number of nitrogens with zero attached hydrogens (tertiary/aromatic N) is 4. The third-order valence-corrected chi connectivity index (χ3v) is 9.91. The summed E-state index contributed by atoms with van der Waals surface area (Å²) in [5.41, 5.74) is 14.7. The van der Waals surface area contributed by atoms with Crippen LogP contribution in [0.4, 0.5) is 0 Å². The first-order valence-electron chi connectivity index (χ1n) is 14.7. The first-order valence-corrected chi connectivity index (χ1v) is 16.8. The fourth-order valence-corrected chi connectivity index (χ4v) is 7.31. The Morgan fingerprint density at radius 3 is 2.13 bits per heavy atom. The van der Waals surface area contributed by atoms with Gasteiger partial charge in [0.05, 0.1) is 16.7 Å². The SMILES string of the molecule is [N-]=[N+]=NCCc1c(CCS(=O)(=O)c2ccc(CCCC(=O)O)cc2)c2cc(Cl)ccc2n1C(c1ccccc1)c1ccccc1. The van der Waals surface area contributed by atoms with Gasteiger partial charge < -0.3 is 9.67 Å². The summed E-state index contributed by atoms with van der Waals surface area (Å²) in [5, 5.41) is 14.1. The summed E-state index contributed by atoms with van der Waals surface area (Å²) in [4.78, 5) is 14.0. The maximum Gasteiger partial charge on any atom is 0.303 e. The van der Waals surface area contributed by atoms with Gasteiger partial charge in [-0.3, -0.25) is 4.79 Å². The van der Waals surface area contributed by atoms with Gasteiger partial charge >= 0.3 is 5.97 Å². The predicted molar refractivity (Wildman–Crippen MR) is 178 cm³/mol. The van der Waals surface area contributed by atoms with E-state index >= 15 is 0 Å². The minimum Gasteiger partial charge on any atom is -0.481 e. The highest BCUT2D eigenvalue weighted by Gasteiger charge is 2.26. The van der Waals surface area contributed by atoms with Crippen LogP contribution in [0, 0.1) is 0 Å². The summed E-state index contributed by atoms with van der Waals surface area (Å²) in [7, 11) is -3.66. The summed E-state index contributed by atoms with van der Waals surface area (Å²) < 4.78 is 29.4. The summed E-state index contributed by atoms with van der Waals surface area (Å²) in [6, 6.07) is 32.4. The van der Waals surface area contributed by atoms with Crippen LogP contribution in [0.15, 0.2) is 113 Å². The zero-order chi connectivity index (χ0) is 31.8. The van der Waals surface area contributed by atoms with Crippen molar-refractivity contribution in [2.45, 2.75) is 43.0 Å². The number of sulfone groups is 1. The topological polar surface area (TPSA) is 125 Å². The van der Waals surface area contributed by atoms with Gasteiger partial charge in [-0.1, -0.05) is 89.5 Å². The van der Waals surface area contributed by atoms with Gasteiger partial charge in [0, 0.05) is 39.5 Å². The Kier molecular flexibility index (Phi) is 10.2. The average molecular weight is 641 g/mol. The standard InChI is InChI=1S/C35H33ClN4O4S/c36-28-16-19-32-31(24-28)30(21-23-45(43,44)29-17-14-25(15-18-29)8-7-13-34(41)42)33(20-22-38-39-37)40(32)35(26-9-3-1-4-10-26)27-11-5-2-6-12-27/h1-6,9-12,14-19,24,35H,7-8,13,20-23H2,(H,41,42). The van der Waals surface area contributed by atoms with Gasteiger partial charge in [0.2, 0.25) is 0 Å². The number of rotatable bonds is 14. The van der Waals surface area contributed by atoms with Crippen LogP contribution in [0.3, 0.4) is 0 Å². The number of halogens is 1. The third kappa shape index (κ3) is 7.57. The molecule has 0 aliphatic heterocycles. The number of aryl methyl sites for hydroxylation is 2. The lowest BCUT2D eigenvalue weighted by atomic mass is 9.97. The molecular weight excluding hydrogens is 608 g/mol. The van der Waals surface area contributed by atoms with Crippen molar-refractivity contribution >= 4 is 38.3 Å². The Balaban J connectivity index is 1.58. The first-order chi connectivity index (χ1) is 21.8. The number of hydrogen-bond donors (Lipinski definition) is 1. The van der Waals surface area contributed by atoms with Crippen LogP contribution in [0.2, 0.25) is 5.02 Å². The van der Waals surface area contributed by atoms with Gasteiger partial charge in [0.25, 0.3) is 0 Å². The van der Waals surface area contributed by atoms with Crippen molar-refractivity contribution in [1.82, 2.24) is 4.57 Å². The molecule has 5 aromatic rings. The maximum atomic E-state index is 13.6. The molecule has 4 aromatic carbocycles. The van der Waals surface area contributed by atoms with E-state index in [4.69, 9.17) is 22.2 Å². The molecule has 10 heteroatoms. The Morgan fingerprint density at radius 1 is 0.889 bits per heavy atom. The normalized spacial score (nSPS) is 11.5. The van der Waals surface area contributed by atoms with Gasteiger partial charge in [0.1, 0.15) is 0 Å². The van der Waals surface area contributed by atoms with Gasteiger partial charge in [0.15, 0.2) is 9.84 Å². The predicted octanol–water partition coefficient (Wildman–Crippen LogP) is 8.21. The molecule has 1 N–H and O–H groups in total. The molecule has 8 nitrogen and oxygen atoms in total. The van der Waals surface area contributed by atoms with Crippen molar-refractivity contribution in [3.05, 3.63) is 147 Å². The van der Waals surface area contributed by atoms with Crippen molar-refractivity contribution in [2.24, 2.45) is 5.11 Å². The van der Waals surface area contributed by atoms with Crippen LogP contribution in [0.5, 0.6) is 0 Å². The Labute approximate surface area is 267 Å². The molecule has 1 aromatic heterocycles. The molecular formula is C35H33ClN4O4S. The Bertz CT molecular complexity index is 1900. The van der Waals surface area contributed by atoms with E-state index in [-0.39, 0.29) is 36.1 Å². The molecule has 0 saturated carbocycles. The molecule has 0 atom stereocenters. The second-order valence-electron chi connectivity index (χ2n) is 10.8. The number of carboxylic acids is 1. The molecule has 0 bridgehead atoms. The molecule has 0 spiro atoms. The lowest BCUT2D eigenvalue weighted by Gasteiger charge is -2.25. The number of carbonyl (C=O) groups is 1. The van der Waals surface area contributed by atoms with E-state index < -0.39 is 15.8 Å². The average Bonchev–Trinajstić information content (AvgIpc) is 3.33. The van der Waals surface area contributed by atoms with E-state index in [1.807, 2.05) is 54.6 Å². The molecule has 1 heterocycles. The second-order valence-corrected chi connectivity index (χ2v) is 13.4. The monoisotopic (exact) mass is 640 g/mol. The quantitative estimate of drug-likeness (QED) is 0.0746. The lowest BCUT2D eigenvalue weighted by Crippen LogP contribution is -2.17. The van der Waals surface area contributed by atoms with Crippen LogP contribution in [0.25, 0.3) is 21.3 Å². The smallest absolute Gasteiger partial charge is 0.303 e. The molecule has 0 aliphatic rings. The van der Waals surface area contributed by atoms with E-state index in [1.165, 1.54) is 0 Å². The number of aromatic nitrogens is 1. The van der Waals surface area contributed by atoms with Gasteiger partial charge in [-0.25, -0.2) is 8.42 Å². The molecule has 0 amide bonds. The zero-order valence-electron chi connectivity index (χ0n) is 24.6. The van der Waals surface area contributed by atoms with E-state index in [9.17, 15) is 13.2 Å². The molecule has 0 aliphatic carbocycles. The number of hydrogen-bond acceptors (Lipinski definition) is 4. The number of benzene rings is 4. The minimum absolute atomic E-state index is 0.0646. The van der Waals surface area contributed by atoms with Crippen LogP contribution in [-0.4, -0.2) is 36.4 Å². The number of fused-ring (bicyclic) bond motifs is 1. The molecule has 0 radical (unpaired) electrons. The highest BCUT2D eigenvalue weighted by atomic mass is 35.5. The summed E-state index contributed by atoms with van der Waals surface area (Å²) in [6.45, 7) is 0.208. The van der Waals surface area contributed by atoms with Crippen molar-refractivity contribution in [3.8, 4) is 0 Å². The van der Waals surface area contributed by atoms with E-state index in [0.29, 0.717) is 24.3 Å². The molecule has 0 unspecified atom stereocenters. The molecule has 5 rings (SSSR count). The number of carboxylic acid groups (broad SMARTS) is 1. The molecule has 230 valence electrons. The van der Waals surface area contributed by atoms with E-state index in [1.54, 1.807) is 24.3 Å². The van der Waals surface area contributed by atoms with Crippen LogP contribution in [-0.2, 0) is 33.9 Å². The van der Waals surface area contributed by atoms with Crippen molar-refractivity contribution in [1.29, 1.82) is 0 Å². The molecule has 0 fully saturated rings. The Hall–Kier alpha value is -4.56. The van der Waals surface area contributed by atoms with Crippen molar-refractivity contribution < 1.29 is 18.3 Å². The first kappa shape index (κ1) is 31.9. The summed E-state index contributed by atoms with van der Waals surface area (Å²) in [6.07, 6.45) is 1.75. The van der Waals surface area contributed by atoms with Crippen LogP contribution >= 0.6 is 11.6 Å². The zero-order valence-corrected chi connectivity index (χ0v) is 26.2. The van der Waals surface area contributed by atoms with Gasteiger partial charge in [-0.15, -0.1) is 0 Å². The Morgan fingerprint density at radius 2 is 1.53 bits per heavy atom. The third-order valence-electron chi connectivity index (χ3n) is 7.94. The highest BCUT2D eigenvalue weighted by molar-refractivity contribution is 7.91. The maximum absolute atomic E-state index is 13.6.